The summed E-state index contributed by atoms with van der Waals surface area (Å²) < 4.78 is 14.5. The van der Waals surface area contributed by atoms with Crippen LogP contribution in [0, 0.1) is 0 Å². The summed E-state index contributed by atoms with van der Waals surface area (Å²) in [6, 6.07) is 0. The molecule has 0 spiro atoms. The van der Waals surface area contributed by atoms with Crippen LogP contribution in [0.4, 0.5) is 0 Å². The second-order valence-electron chi connectivity index (χ2n) is 29.5. The van der Waals surface area contributed by atoms with Crippen molar-refractivity contribution in [1.82, 2.24) is 0 Å². The smallest absolute Gasteiger partial charge is 0.196 e. The van der Waals surface area contributed by atoms with Crippen molar-refractivity contribution < 1.29 is 4.79 Å². The van der Waals surface area contributed by atoms with Gasteiger partial charge in [0.1, 0.15) is 0 Å². The molecule has 6 aromatic heterocycles. The molecule has 0 saturated carbocycles. The van der Waals surface area contributed by atoms with Crippen molar-refractivity contribution in [3.63, 3.8) is 0 Å². The first-order chi connectivity index (χ1) is 42.5. The minimum absolute atomic E-state index is 0.382. The van der Waals surface area contributed by atoms with Crippen LogP contribution in [0.3, 0.4) is 0 Å². The van der Waals surface area contributed by atoms with Crippen LogP contribution >= 0.6 is 164 Å². The lowest BCUT2D eigenvalue weighted by molar-refractivity contribution is 0.104. The number of carbonyl (C=O) groups excluding carboxylic acids is 1. The Bertz CT molecular complexity index is 2990. The number of rotatable bonds is 36. The Balaban J connectivity index is 0.000000247. The number of hydrogen-bond donors (Lipinski definition) is 0. The number of fused-ring (bicyclic) bond motifs is 3. The molecule has 90 heavy (non-hydrogen) atoms. The van der Waals surface area contributed by atoms with E-state index >= 15 is 0 Å². The van der Waals surface area contributed by atoms with Crippen LogP contribution in [0.2, 0.25) is 78.6 Å². The summed E-state index contributed by atoms with van der Waals surface area (Å²) >= 11 is 35.6. The van der Waals surface area contributed by atoms with Crippen LogP contribution in [0.15, 0.2) is 25.5 Å². The molecule has 0 radical (unpaired) electrons. The number of carbonyl (C=O) groups is 1. The van der Waals surface area contributed by atoms with Gasteiger partial charge in [-0.2, -0.15) is 0 Å². The summed E-state index contributed by atoms with van der Waals surface area (Å²) in [5.74, 6) is 0.382. The third kappa shape index (κ3) is 22.3. The van der Waals surface area contributed by atoms with Crippen LogP contribution < -0.4 is 18.0 Å². The first-order valence-electron chi connectivity index (χ1n) is 34.9. The van der Waals surface area contributed by atoms with Crippen molar-refractivity contribution >= 4 is 220 Å². The van der Waals surface area contributed by atoms with E-state index < -0.39 is 32.3 Å². The quantitative estimate of drug-likeness (QED) is 0.0283. The Morgan fingerprint density at radius 1 is 0.256 bits per heavy atom. The fourth-order valence-corrected chi connectivity index (χ4v) is 36.7. The molecule has 0 atom stereocenters. The normalized spacial score (nSPS) is 12.7. The lowest BCUT2D eigenvalue weighted by Crippen LogP contribution is -2.38. The van der Waals surface area contributed by atoms with E-state index in [0.29, 0.717) is 5.78 Å². The molecule has 0 amide bonds. The second kappa shape index (κ2) is 39.0. The molecule has 1 nitrogen and oxygen atoms in total. The van der Waals surface area contributed by atoms with Gasteiger partial charge in [0, 0.05) is 29.0 Å². The van der Waals surface area contributed by atoms with Gasteiger partial charge in [0.2, 0.25) is 0 Å². The Morgan fingerprint density at radius 2 is 0.456 bits per heavy atom. The van der Waals surface area contributed by atoms with Crippen LogP contribution in [0.1, 0.15) is 245 Å². The van der Waals surface area contributed by atoms with Crippen molar-refractivity contribution in [2.75, 3.05) is 0 Å². The summed E-state index contributed by atoms with van der Waals surface area (Å²) in [4.78, 5) is 22.4. The lowest BCUT2D eigenvalue weighted by atomic mass is 9.99. The number of halogens is 6. The van der Waals surface area contributed by atoms with E-state index in [9.17, 15) is 4.79 Å². The largest absolute Gasteiger partial charge is 0.288 e. The highest BCUT2D eigenvalue weighted by Crippen LogP contribution is 2.53. The lowest BCUT2D eigenvalue weighted by Gasteiger charge is -2.18. The SMILES string of the molecule is CCCCCCc1c(Br)sc(-c2sc(Br)c(CCCCCC)c2Br)c1Br.CCCCCCc1c([Si](C)(C)C)sc(-c2sc([Si](C)(C)C)c(CCCCCC)c2Br)c1Br.CCCCCCc1c([Si](C)(C)C)sc2c1C(=O)c1c-2sc([Si](C)(C)C)c1CCCCCC. The first kappa shape index (κ1) is 82.3. The van der Waals surface area contributed by atoms with Crippen molar-refractivity contribution in [3.8, 4) is 29.3 Å². The van der Waals surface area contributed by atoms with Gasteiger partial charge in [-0.15, -0.1) is 68.0 Å². The van der Waals surface area contributed by atoms with Gasteiger partial charge in [0.05, 0.1) is 69.1 Å². The fraction of sp³-hybridized carbons (Fsp3) is 0.658. The van der Waals surface area contributed by atoms with Gasteiger partial charge in [0.15, 0.2) is 5.78 Å². The molecule has 0 aliphatic heterocycles. The summed E-state index contributed by atoms with van der Waals surface area (Å²) in [6.07, 6.45) is 38.1. The first-order valence-corrected chi connectivity index (χ1v) is 58.6. The second-order valence-corrected chi connectivity index (χ2v) is 62.9. The van der Waals surface area contributed by atoms with E-state index in [-0.39, 0.29) is 0 Å². The van der Waals surface area contributed by atoms with E-state index in [4.69, 9.17) is 0 Å². The van der Waals surface area contributed by atoms with Gasteiger partial charge in [-0.05, 0) is 224 Å². The molecule has 0 aromatic carbocycles. The highest BCUT2D eigenvalue weighted by Gasteiger charge is 2.42. The maximum atomic E-state index is 14.0. The Labute approximate surface area is 628 Å². The Hall–Kier alpha value is 1.62. The molecule has 506 valence electrons. The molecular weight excluding hydrogens is 1680 g/mol. The molecule has 1 aliphatic rings. The Kier molecular flexibility index (Phi) is 35.7. The van der Waals surface area contributed by atoms with Gasteiger partial charge in [0.25, 0.3) is 0 Å². The summed E-state index contributed by atoms with van der Waals surface area (Å²) in [5.41, 5.74) is 11.3. The molecule has 6 heterocycles. The summed E-state index contributed by atoms with van der Waals surface area (Å²) in [7, 11) is -5.76. The molecular formula is C73H114Br6OS6Si4. The van der Waals surface area contributed by atoms with Crippen LogP contribution in [0.5, 0.6) is 0 Å². The average Bonchev–Trinajstić information content (AvgIpc) is 1.56. The zero-order chi connectivity index (χ0) is 66.9. The van der Waals surface area contributed by atoms with Crippen LogP contribution in [-0.2, 0) is 38.5 Å². The van der Waals surface area contributed by atoms with Gasteiger partial charge >= 0.3 is 0 Å². The van der Waals surface area contributed by atoms with Gasteiger partial charge < -0.3 is 0 Å². The maximum Gasteiger partial charge on any atom is 0.196 e. The molecule has 0 saturated heterocycles. The third-order valence-corrected chi connectivity index (χ3v) is 45.6. The predicted octanol–water partition coefficient (Wildman–Crippen LogP) is 29.5. The maximum absolute atomic E-state index is 14.0. The zero-order valence-corrected chi connectivity index (χ0v) is 77.3. The number of ketones is 1. The standard InChI is InChI=1S/C27H44OS2Si2.C26H44Br2S2Si2.C20H26Br4S2/c1-9-11-13-15-17-19-21-23(28)22-20(18-16-14-12-10-2)27(32(6,7)8)30-25(22)24(21)29-26(19)31(3,4)5;1-9-11-13-15-17-19-21(27)23(29-25(19)31(3,4)5)24-22(28)20(18-16-14-12-10-2)26(30-24)32(6,7)8;1-3-5-7-9-11-13-15(21)17(25-19(13)23)18-16(22)14(20(24)26-18)12-10-8-6-4-2/h2*9-18H2,1-8H3;3-12H2,1-2H3. The minimum Gasteiger partial charge on any atom is -0.288 e. The summed E-state index contributed by atoms with van der Waals surface area (Å²) in [5, 5.41) is 0. The van der Waals surface area contributed by atoms with Crippen LogP contribution in [0.25, 0.3) is 29.3 Å². The molecule has 1 aliphatic carbocycles. The minimum atomic E-state index is -1.48. The molecule has 0 bridgehead atoms. The van der Waals surface area contributed by atoms with Crippen molar-refractivity contribution in [3.05, 3.63) is 70.0 Å². The number of unbranched alkanes of at least 4 members (excludes halogenated alkanes) is 18. The van der Waals surface area contributed by atoms with E-state index in [1.54, 1.807) is 29.1 Å². The fourth-order valence-electron chi connectivity index (χ4n) is 12.3. The number of hydrogen-bond acceptors (Lipinski definition) is 7. The van der Waals surface area contributed by atoms with Crippen molar-refractivity contribution in [2.45, 2.75) is 313 Å². The Morgan fingerprint density at radius 3 is 0.700 bits per heavy atom. The zero-order valence-electron chi connectivity index (χ0n) is 58.8. The van der Waals surface area contributed by atoms with E-state index in [1.165, 1.54) is 244 Å². The van der Waals surface area contributed by atoms with Crippen molar-refractivity contribution in [1.29, 1.82) is 0 Å². The average molecular weight is 1790 g/mol. The monoisotopic (exact) mass is 1780 g/mol. The molecule has 6 aromatic rings. The van der Waals surface area contributed by atoms with Gasteiger partial charge in [-0.25, -0.2) is 0 Å². The third-order valence-electron chi connectivity index (χ3n) is 17.2. The topological polar surface area (TPSA) is 17.1 Å². The van der Waals surface area contributed by atoms with Gasteiger partial charge in [-0.3, -0.25) is 4.79 Å². The van der Waals surface area contributed by atoms with Crippen LogP contribution in [-0.4, -0.2) is 38.1 Å². The predicted molar refractivity (Wildman–Crippen MR) is 452 cm³/mol. The van der Waals surface area contributed by atoms with E-state index in [0.717, 1.165) is 36.8 Å². The highest BCUT2D eigenvalue weighted by atomic mass is 79.9. The molecule has 0 fully saturated rings. The van der Waals surface area contributed by atoms with E-state index in [2.05, 4.69) is 238 Å². The highest BCUT2D eigenvalue weighted by molar-refractivity contribution is 9.12. The van der Waals surface area contributed by atoms with Crippen molar-refractivity contribution in [2.24, 2.45) is 0 Å². The summed E-state index contributed by atoms with van der Waals surface area (Å²) in [6.45, 7) is 43.5. The van der Waals surface area contributed by atoms with Gasteiger partial charge in [-0.1, -0.05) is 236 Å². The molecule has 7 rings (SSSR count). The molecule has 0 unspecified atom stereocenters. The molecule has 17 heteroatoms. The van der Waals surface area contributed by atoms with E-state index in [1.807, 2.05) is 45.3 Å². The molecule has 0 N–H and O–H groups in total. The number of thiophene rings is 6.